The maximum atomic E-state index is 4.59. The predicted molar refractivity (Wildman–Crippen MR) is 87.4 cm³/mol. The van der Waals surface area contributed by atoms with Crippen LogP contribution < -0.4 is 5.32 Å². The predicted octanol–water partition coefficient (Wildman–Crippen LogP) is 2.59. The number of aryl methyl sites for hydroxylation is 1. The molecule has 2 fully saturated rings. The Kier molecular flexibility index (Phi) is 3.32. The quantitative estimate of drug-likeness (QED) is 0.905. The first-order valence-electron chi connectivity index (χ1n) is 7.70. The van der Waals surface area contributed by atoms with Gasteiger partial charge in [-0.05, 0) is 65.8 Å². The molecule has 2 saturated heterocycles. The van der Waals surface area contributed by atoms with E-state index in [4.69, 9.17) is 0 Å². The molecule has 1 N–H and O–H groups in total. The highest BCUT2D eigenvalue weighted by Gasteiger charge is 2.40. The lowest BCUT2D eigenvalue weighted by Gasteiger charge is -2.22. The van der Waals surface area contributed by atoms with E-state index < -0.39 is 0 Å². The molecule has 1 spiro atoms. The van der Waals surface area contributed by atoms with Gasteiger partial charge in [0.1, 0.15) is 5.65 Å². The van der Waals surface area contributed by atoms with Crippen LogP contribution in [0.1, 0.15) is 24.1 Å². The molecule has 2 aliphatic rings. The van der Waals surface area contributed by atoms with E-state index in [0.29, 0.717) is 5.41 Å². The van der Waals surface area contributed by atoms with E-state index in [1.807, 2.05) is 6.20 Å². The number of aromatic nitrogens is 2. The number of hydrogen-bond donors (Lipinski definition) is 1. The van der Waals surface area contributed by atoms with Gasteiger partial charge < -0.3 is 9.72 Å². The summed E-state index contributed by atoms with van der Waals surface area (Å²) in [5.41, 5.74) is 4.12. The molecule has 0 bridgehead atoms. The number of nitrogens with one attached hydrogen (secondary N) is 1. The molecular formula is C16H21BrN4. The van der Waals surface area contributed by atoms with Crippen molar-refractivity contribution in [1.82, 2.24) is 19.6 Å². The fourth-order valence-corrected chi connectivity index (χ4v) is 4.46. The van der Waals surface area contributed by atoms with Gasteiger partial charge in [-0.2, -0.15) is 0 Å². The summed E-state index contributed by atoms with van der Waals surface area (Å²) < 4.78 is 3.35. The number of imidazole rings is 1. The van der Waals surface area contributed by atoms with Crippen LogP contribution in [-0.4, -0.2) is 40.5 Å². The minimum atomic E-state index is 0.539. The van der Waals surface area contributed by atoms with Gasteiger partial charge in [-0.25, -0.2) is 4.98 Å². The fraction of sp³-hybridized carbons (Fsp3) is 0.562. The number of pyridine rings is 1. The average Bonchev–Trinajstić information content (AvgIpc) is 3.14. The molecule has 0 amide bonds. The van der Waals surface area contributed by atoms with Crippen LogP contribution in [0.3, 0.4) is 0 Å². The molecule has 0 saturated carbocycles. The van der Waals surface area contributed by atoms with Crippen molar-refractivity contribution in [3.8, 4) is 0 Å². The zero-order valence-corrected chi connectivity index (χ0v) is 14.0. The molecule has 4 heterocycles. The SMILES string of the molecule is Cc1cc(Br)cn2c(CN3CCC4(CCNC4)C3)cnc12. The third-order valence-corrected chi connectivity index (χ3v) is 5.50. The van der Waals surface area contributed by atoms with Gasteiger partial charge in [0, 0.05) is 30.3 Å². The van der Waals surface area contributed by atoms with E-state index in [0.717, 1.165) is 16.7 Å². The van der Waals surface area contributed by atoms with E-state index in [2.05, 4.69) is 54.7 Å². The molecule has 5 heteroatoms. The average molecular weight is 349 g/mol. The minimum Gasteiger partial charge on any atom is -0.316 e. The first-order valence-corrected chi connectivity index (χ1v) is 8.50. The van der Waals surface area contributed by atoms with Crippen LogP contribution in [0.25, 0.3) is 5.65 Å². The Hall–Kier alpha value is -0.910. The molecule has 2 aromatic heterocycles. The van der Waals surface area contributed by atoms with Gasteiger partial charge in [0.15, 0.2) is 0 Å². The van der Waals surface area contributed by atoms with E-state index in [1.54, 1.807) is 0 Å². The molecule has 2 aliphatic heterocycles. The van der Waals surface area contributed by atoms with Crippen molar-refractivity contribution in [2.75, 3.05) is 26.2 Å². The second-order valence-corrected chi connectivity index (χ2v) is 7.59. The molecular weight excluding hydrogens is 328 g/mol. The van der Waals surface area contributed by atoms with Crippen LogP contribution in [0.5, 0.6) is 0 Å². The highest BCUT2D eigenvalue weighted by Crippen LogP contribution is 2.36. The van der Waals surface area contributed by atoms with Crippen molar-refractivity contribution in [3.63, 3.8) is 0 Å². The standard InChI is InChI=1S/C16H21BrN4/c1-12-6-13(17)8-21-14(7-19-15(12)21)9-20-5-3-16(11-20)2-4-18-10-16/h6-8,18H,2-5,9-11H2,1H3. The molecule has 0 aromatic carbocycles. The topological polar surface area (TPSA) is 32.6 Å². The number of halogens is 1. The smallest absolute Gasteiger partial charge is 0.139 e. The Morgan fingerprint density at radius 1 is 1.43 bits per heavy atom. The molecule has 0 radical (unpaired) electrons. The van der Waals surface area contributed by atoms with E-state index in [1.165, 1.54) is 50.3 Å². The van der Waals surface area contributed by atoms with Crippen molar-refractivity contribution in [3.05, 3.63) is 34.2 Å². The van der Waals surface area contributed by atoms with Crippen molar-refractivity contribution >= 4 is 21.6 Å². The first kappa shape index (κ1) is 13.7. The van der Waals surface area contributed by atoms with E-state index in [-0.39, 0.29) is 0 Å². The Balaban J connectivity index is 1.58. The zero-order valence-electron chi connectivity index (χ0n) is 12.4. The summed E-state index contributed by atoms with van der Waals surface area (Å²) in [4.78, 5) is 7.18. The van der Waals surface area contributed by atoms with Crippen molar-refractivity contribution in [2.45, 2.75) is 26.3 Å². The summed E-state index contributed by atoms with van der Waals surface area (Å²) in [6, 6.07) is 2.13. The summed E-state index contributed by atoms with van der Waals surface area (Å²) in [7, 11) is 0. The summed E-state index contributed by atoms with van der Waals surface area (Å²) in [6.07, 6.45) is 6.83. The lowest BCUT2D eigenvalue weighted by Crippen LogP contribution is -2.29. The number of nitrogens with zero attached hydrogens (tertiary/aromatic N) is 3. The summed E-state index contributed by atoms with van der Waals surface area (Å²) >= 11 is 3.59. The Labute approximate surface area is 133 Å². The van der Waals surface area contributed by atoms with Crippen molar-refractivity contribution < 1.29 is 0 Å². The van der Waals surface area contributed by atoms with Crippen LogP contribution in [0.2, 0.25) is 0 Å². The summed E-state index contributed by atoms with van der Waals surface area (Å²) in [6.45, 7) is 7.93. The Morgan fingerprint density at radius 2 is 2.33 bits per heavy atom. The number of hydrogen-bond acceptors (Lipinski definition) is 3. The van der Waals surface area contributed by atoms with Gasteiger partial charge in [0.05, 0.1) is 11.9 Å². The third kappa shape index (κ3) is 2.41. The van der Waals surface area contributed by atoms with Crippen LogP contribution in [0.4, 0.5) is 0 Å². The van der Waals surface area contributed by atoms with Gasteiger partial charge in [-0.15, -0.1) is 0 Å². The van der Waals surface area contributed by atoms with Gasteiger partial charge in [-0.3, -0.25) is 4.90 Å². The highest BCUT2D eigenvalue weighted by molar-refractivity contribution is 9.10. The van der Waals surface area contributed by atoms with Crippen LogP contribution in [0, 0.1) is 12.3 Å². The molecule has 0 aliphatic carbocycles. The number of likely N-dealkylation sites (tertiary alicyclic amines) is 1. The second kappa shape index (κ2) is 5.07. The first-order chi connectivity index (χ1) is 10.2. The Morgan fingerprint density at radius 3 is 3.14 bits per heavy atom. The lowest BCUT2D eigenvalue weighted by molar-refractivity contribution is 0.266. The van der Waals surface area contributed by atoms with Crippen molar-refractivity contribution in [2.24, 2.45) is 5.41 Å². The number of rotatable bonds is 2. The fourth-order valence-electron chi connectivity index (χ4n) is 3.92. The molecule has 1 atom stereocenters. The summed E-state index contributed by atoms with van der Waals surface area (Å²) in [5.74, 6) is 0. The maximum Gasteiger partial charge on any atom is 0.139 e. The normalized spacial score (nSPS) is 26.4. The molecule has 2 aromatic rings. The van der Waals surface area contributed by atoms with Crippen LogP contribution >= 0.6 is 15.9 Å². The second-order valence-electron chi connectivity index (χ2n) is 6.67. The highest BCUT2D eigenvalue weighted by atomic mass is 79.9. The van der Waals surface area contributed by atoms with Gasteiger partial charge in [0.2, 0.25) is 0 Å². The van der Waals surface area contributed by atoms with Crippen LogP contribution in [-0.2, 0) is 6.54 Å². The number of fused-ring (bicyclic) bond motifs is 1. The molecule has 1 unspecified atom stereocenters. The third-order valence-electron chi connectivity index (χ3n) is 5.07. The lowest BCUT2D eigenvalue weighted by atomic mass is 9.87. The monoisotopic (exact) mass is 348 g/mol. The molecule has 4 nitrogen and oxygen atoms in total. The minimum absolute atomic E-state index is 0.539. The zero-order chi connectivity index (χ0) is 14.4. The van der Waals surface area contributed by atoms with Crippen LogP contribution in [0.15, 0.2) is 22.9 Å². The van der Waals surface area contributed by atoms with Crippen molar-refractivity contribution in [1.29, 1.82) is 0 Å². The summed E-state index contributed by atoms with van der Waals surface area (Å²) in [5, 5.41) is 3.53. The van der Waals surface area contributed by atoms with Gasteiger partial charge in [-0.1, -0.05) is 0 Å². The largest absolute Gasteiger partial charge is 0.316 e. The maximum absolute atomic E-state index is 4.59. The van der Waals surface area contributed by atoms with Gasteiger partial charge >= 0.3 is 0 Å². The van der Waals surface area contributed by atoms with Gasteiger partial charge in [0.25, 0.3) is 0 Å². The van der Waals surface area contributed by atoms with E-state index in [9.17, 15) is 0 Å². The Bertz CT molecular complexity index is 672. The van der Waals surface area contributed by atoms with E-state index >= 15 is 0 Å². The molecule has 21 heavy (non-hydrogen) atoms. The molecule has 112 valence electrons. The molecule has 4 rings (SSSR count).